The molecular formula is C12H16F3NOS. The van der Waals surface area contributed by atoms with Crippen LogP contribution in [0.5, 0.6) is 5.75 Å². The minimum atomic E-state index is -4.32. The minimum absolute atomic E-state index is 0.279. The maximum atomic E-state index is 12.9. The summed E-state index contributed by atoms with van der Waals surface area (Å²) in [4.78, 5) is 0.501. The zero-order chi connectivity index (χ0) is 13.8. The van der Waals surface area contributed by atoms with Crippen molar-refractivity contribution in [2.45, 2.75) is 35.7 Å². The zero-order valence-corrected chi connectivity index (χ0v) is 11.0. The average Bonchev–Trinajstić information content (AvgIpc) is 2.34. The highest BCUT2D eigenvalue weighted by Crippen LogP contribution is 2.38. The summed E-state index contributed by atoms with van der Waals surface area (Å²) in [7, 11) is 1.48. The van der Waals surface area contributed by atoms with Crippen molar-refractivity contribution in [1.82, 2.24) is 0 Å². The van der Waals surface area contributed by atoms with Crippen LogP contribution in [0.3, 0.4) is 0 Å². The summed E-state index contributed by atoms with van der Waals surface area (Å²) < 4.78 is 43.7. The Hall–Kier alpha value is -0.880. The molecule has 1 aromatic carbocycles. The third kappa shape index (κ3) is 4.10. The molecule has 2 atom stereocenters. The molecule has 0 saturated carbocycles. The Kier molecular flexibility index (Phi) is 5.34. The van der Waals surface area contributed by atoms with Crippen LogP contribution < -0.4 is 10.5 Å². The molecule has 2 unspecified atom stereocenters. The van der Waals surface area contributed by atoms with Crippen LogP contribution in [-0.2, 0) is 0 Å². The lowest BCUT2D eigenvalue weighted by Gasteiger charge is -2.25. The highest BCUT2D eigenvalue weighted by atomic mass is 32.2. The summed E-state index contributed by atoms with van der Waals surface area (Å²) in [6.45, 7) is 1.65. The summed E-state index contributed by atoms with van der Waals surface area (Å²) >= 11 is 0.728. The van der Waals surface area contributed by atoms with Gasteiger partial charge in [0.25, 0.3) is 0 Å². The van der Waals surface area contributed by atoms with E-state index in [4.69, 9.17) is 10.5 Å². The lowest BCUT2D eigenvalue weighted by atomic mass is 10.1. The molecule has 2 nitrogen and oxygen atoms in total. The van der Waals surface area contributed by atoms with Gasteiger partial charge in [0.15, 0.2) is 0 Å². The molecule has 1 rings (SSSR count). The standard InChI is InChI=1S/C12H16F3NOS/c1-3-10(16)11(12(13,14)15)18-9-6-4-5-8(7-9)17-2/h4-7,10-11H,3,16H2,1-2H3. The Morgan fingerprint density at radius 2 is 2.06 bits per heavy atom. The molecule has 0 spiro atoms. The van der Waals surface area contributed by atoms with E-state index >= 15 is 0 Å². The number of halogens is 3. The number of rotatable bonds is 5. The van der Waals surface area contributed by atoms with E-state index in [-0.39, 0.29) is 6.42 Å². The minimum Gasteiger partial charge on any atom is -0.497 e. The van der Waals surface area contributed by atoms with Crippen LogP contribution in [0.25, 0.3) is 0 Å². The van der Waals surface area contributed by atoms with Gasteiger partial charge in [0.2, 0.25) is 0 Å². The number of benzene rings is 1. The molecular weight excluding hydrogens is 263 g/mol. The summed E-state index contributed by atoms with van der Waals surface area (Å²) in [5.74, 6) is 0.533. The van der Waals surface area contributed by atoms with Crippen molar-refractivity contribution in [3.8, 4) is 5.75 Å². The van der Waals surface area contributed by atoms with Crippen molar-refractivity contribution in [3.63, 3.8) is 0 Å². The summed E-state index contributed by atoms with van der Waals surface area (Å²) in [5.41, 5.74) is 5.55. The van der Waals surface area contributed by atoms with Crippen molar-refractivity contribution in [3.05, 3.63) is 24.3 Å². The number of alkyl halides is 3. The normalized spacial score (nSPS) is 15.2. The molecule has 0 radical (unpaired) electrons. The fraction of sp³-hybridized carbons (Fsp3) is 0.500. The summed E-state index contributed by atoms with van der Waals surface area (Å²) in [5, 5.41) is -1.60. The van der Waals surface area contributed by atoms with Gasteiger partial charge in [-0.15, -0.1) is 11.8 Å². The van der Waals surface area contributed by atoms with Gasteiger partial charge >= 0.3 is 6.18 Å². The maximum Gasteiger partial charge on any atom is 0.402 e. The molecule has 0 fully saturated rings. The second-order valence-corrected chi connectivity index (χ2v) is 5.05. The van der Waals surface area contributed by atoms with Gasteiger partial charge in [-0.3, -0.25) is 0 Å². The second kappa shape index (κ2) is 6.33. The zero-order valence-electron chi connectivity index (χ0n) is 10.2. The molecule has 102 valence electrons. The largest absolute Gasteiger partial charge is 0.497 e. The third-order valence-electron chi connectivity index (χ3n) is 2.49. The Bertz CT molecular complexity index is 384. The molecule has 0 aromatic heterocycles. The highest BCUT2D eigenvalue weighted by Gasteiger charge is 2.43. The van der Waals surface area contributed by atoms with Gasteiger partial charge in [0.05, 0.1) is 7.11 Å². The van der Waals surface area contributed by atoms with Crippen LogP contribution in [0, 0.1) is 0 Å². The number of hydrogen-bond donors (Lipinski definition) is 1. The lowest BCUT2D eigenvalue weighted by Crippen LogP contribution is -2.42. The molecule has 1 aromatic rings. The maximum absolute atomic E-state index is 12.9. The van der Waals surface area contributed by atoms with Crippen LogP contribution in [0.4, 0.5) is 13.2 Å². The predicted molar refractivity (Wildman–Crippen MR) is 67.0 cm³/mol. The topological polar surface area (TPSA) is 35.2 Å². The van der Waals surface area contributed by atoms with Crippen LogP contribution in [0.2, 0.25) is 0 Å². The fourth-order valence-corrected chi connectivity index (χ4v) is 2.57. The van der Waals surface area contributed by atoms with Crippen LogP contribution >= 0.6 is 11.8 Å². The highest BCUT2D eigenvalue weighted by molar-refractivity contribution is 8.00. The molecule has 0 aliphatic rings. The average molecular weight is 279 g/mol. The number of hydrogen-bond acceptors (Lipinski definition) is 3. The molecule has 0 aliphatic heterocycles. The van der Waals surface area contributed by atoms with Gasteiger partial charge < -0.3 is 10.5 Å². The second-order valence-electron chi connectivity index (χ2n) is 3.83. The van der Waals surface area contributed by atoms with E-state index in [0.717, 1.165) is 11.8 Å². The molecule has 0 saturated heterocycles. The molecule has 18 heavy (non-hydrogen) atoms. The van der Waals surface area contributed by atoms with Crippen LogP contribution in [0.15, 0.2) is 29.2 Å². The van der Waals surface area contributed by atoms with E-state index in [1.165, 1.54) is 7.11 Å². The first-order valence-corrected chi connectivity index (χ1v) is 6.39. The van der Waals surface area contributed by atoms with Crippen molar-refractivity contribution in [2.75, 3.05) is 7.11 Å². The third-order valence-corrected chi connectivity index (χ3v) is 3.88. The molecule has 2 N–H and O–H groups in total. The fourth-order valence-electron chi connectivity index (χ4n) is 1.43. The number of nitrogens with two attached hydrogens (primary N) is 1. The van der Waals surface area contributed by atoms with Gasteiger partial charge in [0.1, 0.15) is 11.0 Å². The smallest absolute Gasteiger partial charge is 0.402 e. The Balaban J connectivity index is 2.89. The van der Waals surface area contributed by atoms with Gasteiger partial charge in [-0.2, -0.15) is 13.2 Å². The lowest BCUT2D eigenvalue weighted by molar-refractivity contribution is -0.132. The molecule has 0 bridgehead atoms. The van der Waals surface area contributed by atoms with E-state index < -0.39 is 17.5 Å². The van der Waals surface area contributed by atoms with Gasteiger partial charge in [-0.05, 0) is 24.6 Å². The van der Waals surface area contributed by atoms with Crippen molar-refractivity contribution >= 4 is 11.8 Å². The number of thioether (sulfide) groups is 1. The van der Waals surface area contributed by atoms with E-state index in [9.17, 15) is 13.2 Å². The molecule has 0 heterocycles. The van der Waals surface area contributed by atoms with Crippen molar-refractivity contribution in [2.24, 2.45) is 5.73 Å². The number of ether oxygens (including phenoxy) is 1. The first-order valence-electron chi connectivity index (χ1n) is 5.51. The van der Waals surface area contributed by atoms with E-state index in [2.05, 4.69) is 0 Å². The van der Waals surface area contributed by atoms with Gasteiger partial charge in [0, 0.05) is 10.9 Å². The monoisotopic (exact) mass is 279 g/mol. The first kappa shape index (κ1) is 15.2. The molecule has 6 heteroatoms. The SMILES string of the molecule is CCC(N)C(Sc1cccc(OC)c1)C(F)(F)F. The molecule has 0 amide bonds. The summed E-state index contributed by atoms with van der Waals surface area (Å²) in [6.07, 6.45) is -4.04. The van der Waals surface area contributed by atoms with Gasteiger partial charge in [-0.1, -0.05) is 13.0 Å². The van der Waals surface area contributed by atoms with Crippen molar-refractivity contribution in [1.29, 1.82) is 0 Å². The van der Waals surface area contributed by atoms with Gasteiger partial charge in [-0.25, -0.2) is 0 Å². The van der Waals surface area contributed by atoms with E-state index in [1.54, 1.807) is 31.2 Å². The van der Waals surface area contributed by atoms with Crippen LogP contribution in [-0.4, -0.2) is 24.6 Å². The summed E-state index contributed by atoms with van der Waals surface area (Å²) in [6, 6.07) is 5.62. The quantitative estimate of drug-likeness (QED) is 0.838. The van der Waals surface area contributed by atoms with E-state index in [0.29, 0.717) is 10.6 Å². The first-order chi connectivity index (χ1) is 8.38. The Morgan fingerprint density at radius 1 is 1.39 bits per heavy atom. The molecule has 0 aliphatic carbocycles. The Labute approximate surface area is 109 Å². The Morgan fingerprint density at radius 3 is 2.56 bits per heavy atom. The number of methoxy groups -OCH3 is 1. The predicted octanol–water partition coefficient (Wildman–Crippen LogP) is 3.46. The van der Waals surface area contributed by atoms with E-state index in [1.807, 2.05) is 0 Å². The van der Waals surface area contributed by atoms with Crippen molar-refractivity contribution < 1.29 is 17.9 Å². The van der Waals surface area contributed by atoms with Crippen LogP contribution in [0.1, 0.15) is 13.3 Å².